The molecule has 0 radical (unpaired) electrons. The molecular weight excluding hydrogens is 653 g/mol. The minimum absolute atomic E-state index is 0.880. The molecule has 0 fully saturated rings. The van der Waals surface area contributed by atoms with Gasteiger partial charge in [0.2, 0.25) is 0 Å². The van der Waals surface area contributed by atoms with Crippen molar-refractivity contribution in [1.29, 1.82) is 0 Å². The van der Waals surface area contributed by atoms with E-state index < -0.39 is 0 Å². The molecule has 0 bridgehead atoms. The van der Waals surface area contributed by atoms with Gasteiger partial charge in [0.15, 0.2) is 5.58 Å². The highest BCUT2D eigenvalue weighted by Crippen LogP contribution is 2.47. The maximum atomic E-state index is 6.64. The molecule has 0 spiro atoms. The van der Waals surface area contributed by atoms with E-state index in [0.29, 0.717) is 0 Å². The molecule has 3 aromatic heterocycles. The Morgan fingerprint density at radius 2 is 1.10 bits per heavy atom. The van der Waals surface area contributed by atoms with E-state index in [9.17, 15) is 0 Å². The van der Waals surface area contributed by atoms with Gasteiger partial charge in [-0.3, -0.25) is 0 Å². The van der Waals surface area contributed by atoms with E-state index in [-0.39, 0.29) is 0 Å². The van der Waals surface area contributed by atoms with Crippen molar-refractivity contribution >= 4 is 92.3 Å². The Labute approximate surface area is 303 Å². The number of nitrogens with zero attached hydrogens (tertiary/aromatic N) is 2. The predicted octanol–water partition coefficient (Wildman–Crippen LogP) is 14.2. The second kappa shape index (κ2) is 11.5. The number of benzene rings is 8. The topological polar surface area (TPSA) is 21.3 Å². The third-order valence-corrected chi connectivity index (χ3v) is 11.6. The van der Waals surface area contributed by atoms with Gasteiger partial charge in [-0.25, -0.2) is 0 Å². The minimum atomic E-state index is 0.880. The Kier molecular flexibility index (Phi) is 6.42. The summed E-state index contributed by atoms with van der Waals surface area (Å²) < 4.78 is 11.6. The summed E-state index contributed by atoms with van der Waals surface area (Å²) in [6.45, 7) is 0. The molecule has 244 valence electrons. The van der Waals surface area contributed by atoms with E-state index >= 15 is 0 Å². The van der Waals surface area contributed by atoms with Crippen molar-refractivity contribution in [1.82, 2.24) is 4.57 Å². The Hall–Kier alpha value is -6.62. The predicted molar refractivity (Wildman–Crippen MR) is 221 cm³/mol. The average Bonchev–Trinajstić information content (AvgIpc) is 3.89. The van der Waals surface area contributed by atoms with E-state index in [0.717, 1.165) is 50.3 Å². The lowest BCUT2D eigenvalue weighted by Gasteiger charge is -2.26. The summed E-state index contributed by atoms with van der Waals surface area (Å²) in [6, 6.07) is 65.4. The second-order valence-electron chi connectivity index (χ2n) is 13.3. The summed E-state index contributed by atoms with van der Waals surface area (Å²) in [6.07, 6.45) is 0. The van der Waals surface area contributed by atoms with Crippen LogP contribution in [0.4, 0.5) is 17.1 Å². The quantitative estimate of drug-likeness (QED) is 0.180. The smallest absolute Gasteiger partial charge is 0.159 e. The van der Waals surface area contributed by atoms with E-state index in [1.54, 1.807) is 0 Å². The summed E-state index contributed by atoms with van der Waals surface area (Å²) in [5, 5.41) is 7.29. The van der Waals surface area contributed by atoms with E-state index in [4.69, 9.17) is 4.42 Å². The zero-order valence-corrected chi connectivity index (χ0v) is 28.8. The first kappa shape index (κ1) is 29.1. The van der Waals surface area contributed by atoms with E-state index in [2.05, 4.69) is 185 Å². The molecule has 0 saturated heterocycles. The van der Waals surface area contributed by atoms with Crippen LogP contribution in [0.5, 0.6) is 0 Å². The molecule has 3 nitrogen and oxygen atoms in total. The van der Waals surface area contributed by atoms with Gasteiger partial charge in [-0.1, -0.05) is 121 Å². The molecule has 0 aliphatic rings. The van der Waals surface area contributed by atoms with Gasteiger partial charge in [-0.05, 0) is 71.8 Å². The lowest BCUT2D eigenvalue weighted by molar-refractivity contribution is 0.669. The normalized spacial score (nSPS) is 11.8. The number of fused-ring (bicyclic) bond motifs is 9. The van der Waals surface area contributed by atoms with E-state index in [1.807, 2.05) is 17.4 Å². The van der Waals surface area contributed by atoms with Crippen molar-refractivity contribution in [2.75, 3.05) is 4.90 Å². The van der Waals surface area contributed by atoms with Crippen LogP contribution in [0.25, 0.3) is 80.7 Å². The van der Waals surface area contributed by atoms with Crippen molar-refractivity contribution < 1.29 is 4.42 Å². The fourth-order valence-electron chi connectivity index (χ4n) is 8.03. The molecule has 0 atom stereocenters. The number of rotatable bonds is 5. The number of furan rings is 1. The maximum Gasteiger partial charge on any atom is 0.159 e. The van der Waals surface area contributed by atoms with Crippen LogP contribution in [0, 0.1) is 0 Å². The highest BCUT2D eigenvalue weighted by molar-refractivity contribution is 7.26. The maximum absolute atomic E-state index is 6.64. The van der Waals surface area contributed by atoms with Crippen LogP contribution in [0.1, 0.15) is 0 Å². The van der Waals surface area contributed by atoms with Crippen molar-refractivity contribution in [3.8, 4) is 16.8 Å². The van der Waals surface area contributed by atoms with Gasteiger partial charge in [-0.15, -0.1) is 11.3 Å². The minimum Gasteiger partial charge on any atom is -0.454 e. The molecule has 0 aliphatic heterocycles. The number of para-hydroxylation sites is 4. The standard InChI is InChI=1S/C48H30N2OS/c1-2-12-33(13-3-1)49-41-19-7-4-14-35(41)36-29-26-32(30-44(36)49)31-24-27-34(28-25-31)50(42-20-10-17-39-37-15-5-8-22-45(37)51-47(39)42)43-21-11-18-40-38-16-6-9-23-46(38)52-48(40)43/h1-30H. The highest BCUT2D eigenvalue weighted by atomic mass is 32.1. The number of aromatic nitrogens is 1. The van der Waals surface area contributed by atoms with Gasteiger partial charge >= 0.3 is 0 Å². The first-order valence-electron chi connectivity index (χ1n) is 17.6. The van der Waals surface area contributed by atoms with Crippen molar-refractivity contribution in [3.05, 3.63) is 182 Å². The monoisotopic (exact) mass is 682 g/mol. The molecule has 0 saturated carbocycles. The molecule has 0 aliphatic carbocycles. The van der Waals surface area contributed by atoms with Crippen LogP contribution in [-0.2, 0) is 0 Å². The fraction of sp³-hybridized carbons (Fsp3) is 0. The number of thiophene rings is 1. The lowest BCUT2D eigenvalue weighted by atomic mass is 10.0. The molecule has 3 heterocycles. The number of hydrogen-bond acceptors (Lipinski definition) is 3. The van der Waals surface area contributed by atoms with Gasteiger partial charge in [0.05, 0.1) is 27.1 Å². The molecule has 0 unspecified atom stereocenters. The molecule has 11 aromatic rings. The summed E-state index contributed by atoms with van der Waals surface area (Å²) in [5.74, 6) is 0. The van der Waals surface area contributed by atoms with Crippen LogP contribution < -0.4 is 4.90 Å². The molecule has 52 heavy (non-hydrogen) atoms. The van der Waals surface area contributed by atoms with Crippen molar-refractivity contribution in [3.63, 3.8) is 0 Å². The van der Waals surface area contributed by atoms with E-state index in [1.165, 1.54) is 47.5 Å². The van der Waals surface area contributed by atoms with Crippen LogP contribution in [-0.4, -0.2) is 4.57 Å². The van der Waals surface area contributed by atoms with Gasteiger partial charge in [0.25, 0.3) is 0 Å². The molecule has 0 N–H and O–H groups in total. The van der Waals surface area contributed by atoms with Crippen molar-refractivity contribution in [2.24, 2.45) is 0 Å². The first-order chi connectivity index (χ1) is 25.8. The first-order valence-corrected chi connectivity index (χ1v) is 18.4. The Morgan fingerprint density at radius 3 is 1.96 bits per heavy atom. The molecule has 4 heteroatoms. The van der Waals surface area contributed by atoms with Gasteiger partial charge in [-0.2, -0.15) is 0 Å². The Morgan fingerprint density at radius 1 is 0.442 bits per heavy atom. The highest BCUT2D eigenvalue weighted by Gasteiger charge is 2.22. The third-order valence-electron chi connectivity index (χ3n) is 10.4. The summed E-state index contributed by atoms with van der Waals surface area (Å²) in [4.78, 5) is 2.38. The molecule has 8 aromatic carbocycles. The summed E-state index contributed by atoms with van der Waals surface area (Å²) in [5.41, 5.74) is 10.9. The van der Waals surface area contributed by atoms with Crippen LogP contribution >= 0.6 is 11.3 Å². The van der Waals surface area contributed by atoms with Crippen LogP contribution in [0.15, 0.2) is 186 Å². The average molecular weight is 683 g/mol. The Bertz CT molecular complexity index is 3020. The molecule has 0 amide bonds. The van der Waals surface area contributed by atoms with Gasteiger partial charge in [0.1, 0.15) is 5.58 Å². The number of hydrogen-bond donors (Lipinski definition) is 0. The zero-order chi connectivity index (χ0) is 34.2. The number of anilines is 3. The van der Waals surface area contributed by atoms with Crippen LogP contribution in [0.2, 0.25) is 0 Å². The third kappa shape index (κ3) is 4.38. The van der Waals surface area contributed by atoms with Crippen LogP contribution in [0.3, 0.4) is 0 Å². The summed E-state index contributed by atoms with van der Waals surface area (Å²) in [7, 11) is 0. The van der Waals surface area contributed by atoms with Gasteiger partial charge in [0, 0.05) is 48.4 Å². The Balaban J connectivity index is 1.10. The zero-order valence-electron chi connectivity index (χ0n) is 28.0. The van der Waals surface area contributed by atoms with Crippen molar-refractivity contribution in [2.45, 2.75) is 0 Å². The largest absolute Gasteiger partial charge is 0.454 e. The molecular formula is C48H30N2OS. The fourth-order valence-corrected chi connectivity index (χ4v) is 9.24. The molecule has 11 rings (SSSR count). The SMILES string of the molecule is c1ccc(-n2c3ccccc3c3ccc(-c4ccc(N(c5cccc6c5oc5ccccc56)c5cccc6c5sc5ccccc56)cc4)cc32)cc1. The second-order valence-corrected chi connectivity index (χ2v) is 14.4. The lowest BCUT2D eigenvalue weighted by Crippen LogP contribution is -2.10. The summed E-state index contributed by atoms with van der Waals surface area (Å²) >= 11 is 1.84. The van der Waals surface area contributed by atoms with Gasteiger partial charge < -0.3 is 13.9 Å².